The highest BCUT2D eigenvalue weighted by Crippen LogP contribution is 2.60. The molecule has 5 nitrogen and oxygen atoms in total. The van der Waals surface area contributed by atoms with Crippen molar-refractivity contribution in [1.82, 2.24) is 10.6 Å². The molecule has 4 aliphatic carbocycles. The number of amides is 2. The molecule has 1 aromatic carbocycles. The Hall–Kier alpha value is -2.04. The molecule has 0 unspecified atom stereocenters. The molecule has 0 spiro atoms. The Morgan fingerprint density at radius 1 is 0.963 bits per heavy atom. The summed E-state index contributed by atoms with van der Waals surface area (Å²) in [5.41, 5.74) is -0.182. The third-order valence-electron chi connectivity index (χ3n) is 6.58. The molecule has 0 radical (unpaired) electrons. The van der Waals surface area contributed by atoms with Crippen LogP contribution >= 0.6 is 0 Å². The Kier molecular flexibility index (Phi) is 5.37. The zero-order chi connectivity index (χ0) is 18.7. The lowest BCUT2D eigenvalue weighted by atomic mass is 9.49. The highest BCUT2D eigenvalue weighted by atomic mass is 16.5. The fraction of sp³-hybridized carbons (Fsp3) is 0.636. The van der Waals surface area contributed by atoms with Crippen LogP contribution in [0.3, 0.4) is 0 Å². The molecule has 0 aliphatic heterocycles. The Labute approximate surface area is 161 Å². The molecule has 0 aromatic heterocycles. The summed E-state index contributed by atoms with van der Waals surface area (Å²) < 4.78 is 5.60. The molecule has 2 amide bonds. The Morgan fingerprint density at radius 3 is 2.22 bits per heavy atom. The number of carbonyl (C=O) groups excluding carboxylic acids is 2. The Balaban J connectivity index is 1.14. The minimum atomic E-state index is -0.182. The van der Waals surface area contributed by atoms with Gasteiger partial charge in [-0.3, -0.25) is 9.59 Å². The van der Waals surface area contributed by atoms with Crippen LogP contribution in [0.1, 0.15) is 44.9 Å². The van der Waals surface area contributed by atoms with Gasteiger partial charge in [0.2, 0.25) is 11.8 Å². The van der Waals surface area contributed by atoms with Crippen molar-refractivity contribution in [2.24, 2.45) is 23.2 Å². The van der Waals surface area contributed by atoms with E-state index in [2.05, 4.69) is 10.6 Å². The molecule has 146 valence electrons. The highest BCUT2D eigenvalue weighted by Gasteiger charge is 2.54. The van der Waals surface area contributed by atoms with Crippen LogP contribution in [-0.4, -0.2) is 31.5 Å². The summed E-state index contributed by atoms with van der Waals surface area (Å²) >= 11 is 0. The quantitative estimate of drug-likeness (QED) is 0.692. The van der Waals surface area contributed by atoms with Gasteiger partial charge in [0.15, 0.2) is 0 Å². The summed E-state index contributed by atoms with van der Waals surface area (Å²) in [4.78, 5) is 24.9. The van der Waals surface area contributed by atoms with Gasteiger partial charge in [-0.05, 0) is 74.8 Å². The van der Waals surface area contributed by atoms with Gasteiger partial charge < -0.3 is 15.4 Å². The van der Waals surface area contributed by atoms with Gasteiger partial charge in [0.05, 0.1) is 13.2 Å². The first-order chi connectivity index (χ1) is 13.1. The van der Waals surface area contributed by atoms with Gasteiger partial charge in [-0.1, -0.05) is 18.2 Å². The van der Waals surface area contributed by atoms with Crippen LogP contribution in [0.4, 0.5) is 0 Å². The van der Waals surface area contributed by atoms with Gasteiger partial charge in [0.1, 0.15) is 5.75 Å². The predicted octanol–water partition coefficient (Wildman–Crippen LogP) is 2.90. The van der Waals surface area contributed by atoms with E-state index in [4.69, 9.17) is 4.74 Å². The summed E-state index contributed by atoms with van der Waals surface area (Å²) in [6, 6.07) is 9.65. The lowest BCUT2D eigenvalue weighted by Crippen LogP contribution is -2.54. The Bertz CT molecular complexity index is 638. The normalized spacial score (nSPS) is 30.7. The molecule has 5 heteroatoms. The van der Waals surface area contributed by atoms with Gasteiger partial charge in [0, 0.05) is 12.0 Å². The van der Waals surface area contributed by atoms with Crippen molar-refractivity contribution < 1.29 is 14.3 Å². The van der Waals surface area contributed by atoms with E-state index < -0.39 is 0 Å². The maximum Gasteiger partial charge on any atom is 0.239 e. The number of nitrogens with one attached hydrogen (secondary N) is 2. The zero-order valence-corrected chi connectivity index (χ0v) is 15.9. The van der Waals surface area contributed by atoms with Crippen LogP contribution in [0.5, 0.6) is 5.75 Å². The maximum absolute atomic E-state index is 12.8. The monoisotopic (exact) mass is 370 g/mol. The van der Waals surface area contributed by atoms with Crippen LogP contribution in [-0.2, 0) is 9.59 Å². The third kappa shape index (κ3) is 4.28. The van der Waals surface area contributed by atoms with E-state index in [1.165, 1.54) is 19.3 Å². The number of hydrogen-bond donors (Lipinski definition) is 2. The smallest absolute Gasteiger partial charge is 0.239 e. The molecule has 27 heavy (non-hydrogen) atoms. The first kappa shape index (κ1) is 18.3. The second kappa shape index (κ2) is 7.91. The van der Waals surface area contributed by atoms with Crippen LogP contribution in [0.15, 0.2) is 30.3 Å². The Morgan fingerprint density at radius 2 is 1.59 bits per heavy atom. The number of ether oxygens (including phenoxy) is 1. The van der Waals surface area contributed by atoms with Crippen LogP contribution in [0, 0.1) is 23.2 Å². The average Bonchev–Trinajstić information content (AvgIpc) is 2.65. The van der Waals surface area contributed by atoms with Gasteiger partial charge in [0.25, 0.3) is 0 Å². The largest absolute Gasteiger partial charge is 0.494 e. The van der Waals surface area contributed by atoms with Crippen molar-refractivity contribution in [1.29, 1.82) is 0 Å². The van der Waals surface area contributed by atoms with Gasteiger partial charge >= 0.3 is 0 Å². The third-order valence-corrected chi connectivity index (χ3v) is 6.58. The van der Waals surface area contributed by atoms with Crippen molar-refractivity contribution in [2.45, 2.75) is 44.9 Å². The lowest BCUT2D eigenvalue weighted by Gasteiger charge is -2.55. The minimum absolute atomic E-state index is 0.0835. The number of carbonyl (C=O) groups is 2. The summed E-state index contributed by atoms with van der Waals surface area (Å²) in [5, 5.41) is 5.79. The van der Waals surface area contributed by atoms with E-state index in [1.54, 1.807) is 0 Å². The standard InChI is InChI=1S/C22H30N2O3/c25-20(23-7-4-8-27-19-5-2-1-3-6-19)15-24-21(26)22-12-16-9-17(13-22)11-18(10-16)14-22/h1-3,5-6,16-18H,4,7-15H2,(H,23,25)(H,24,26). The van der Waals surface area contributed by atoms with E-state index >= 15 is 0 Å². The molecule has 4 bridgehead atoms. The van der Waals surface area contributed by atoms with E-state index in [9.17, 15) is 9.59 Å². The zero-order valence-electron chi connectivity index (χ0n) is 15.9. The highest BCUT2D eigenvalue weighted by molar-refractivity contribution is 5.88. The average molecular weight is 370 g/mol. The number of rotatable bonds is 8. The molecule has 2 N–H and O–H groups in total. The molecule has 4 fully saturated rings. The maximum atomic E-state index is 12.8. The summed E-state index contributed by atoms with van der Waals surface area (Å²) in [5.74, 6) is 3.05. The SMILES string of the molecule is O=C(CNC(=O)C12CC3CC(CC(C3)C1)C2)NCCCOc1ccccc1. The van der Waals surface area contributed by atoms with E-state index in [0.717, 1.165) is 49.2 Å². The second-order valence-electron chi connectivity index (χ2n) is 8.75. The van der Waals surface area contributed by atoms with Crippen molar-refractivity contribution in [3.63, 3.8) is 0 Å². The molecule has 5 rings (SSSR count). The van der Waals surface area contributed by atoms with Crippen molar-refractivity contribution >= 4 is 11.8 Å². The molecule has 0 heterocycles. The topological polar surface area (TPSA) is 67.4 Å². The van der Waals surface area contributed by atoms with Gasteiger partial charge in [-0.2, -0.15) is 0 Å². The fourth-order valence-corrected chi connectivity index (χ4v) is 5.81. The van der Waals surface area contributed by atoms with Crippen molar-refractivity contribution in [3.8, 4) is 5.75 Å². The first-order valence-corrected chi connectivity index (χ1v) is 10.4. The van der Waals surface area contributed by atoms with Crippen LogP contribution in [0.2, 0.25) is 0 Å². The molecule has 4 aliphatic rings. The number of hydrogen-bond acceptors (Lipinski definition) is 3. The summed E-state index contributed by atoms with van der Waals surface area (Å²) in [6.07, 6.45) is 7.79. The summed E-state index contributed by atoms with van der Waals surface area (Å²) in [7, 11) is 0. The van der Waals surface area contributed by atoms with E-state index in [-0.39, 0.29) is 23.8 Å². The number of para-hydroxylation sites is 1. The predicted molar refractivity (Wildman–Crippen MR) is 103 cm³/mol. The van der Waals surface area contributed by atoms with E-state index in [1.807, 2.05) is 30.3 Å². The van der Waals surface area contributed by atoms with Gasteiger partial charge in [-0.15, -0.1) is 0 Å². The van der Waals surface area contributed by atoms with Gasteiger partial charge in [-0.25, -0.2) is 0 Å². The molecule has 1 aromatic rings. The minimum Gasteiger partial charge on any atom is -0.494 e. The number of benzene rings is 1. The fourth-order valence-electron chi connectivity index (χ4n) is 5.81. The molecular formula is C22H30N2O3. The van der Waals surface area contributed by atoms with Crippen LogP contribution in [0.25, 0.3) is 0 Å². The molecular weight excluding hydrogens is 340 g/mol. The summed E-state index contributed by atoms with van der Waals surface area (Å²) in [6.45, 7) is 1.20. The molecule has 0 saturated heterocycles. The van der Waals surface area contributed by atoms with E-state index in [0.29, 0.717) is 13.2 Å². The molecule has 0 atom stereocenters. The first-order valence-electron chi connectivity index (χ1n) is 10.4. The van der Waals surface area contributed by atoms with Crippen molar-refractivity contribution in [2.75, 3.05) is 19.7 Å². The van der Waals surface area contributed by atoms with Crippen LogP contribution < -0.4 is 15.4 Å². The molecule has 4 saturated carbocycles. The lowest BCUT2D eigenvalue weighted by molar-refractivity contribution is -0.147. The second-order valence-corrected chi connectivity index (χ2v) is 8.75. The van der Waals surface area contributed by atoms with Crippen molar-refractivity contribution in [3.05, 3.63) is 30.3 Å².